The number of benzene rings is 1. The molecule has 1 saturated heterocycles. The highest BCUT2D eigenvalue weighted by molar-refractivity contribution is 5.14. The lowest BCUT2D eigenvalue weighted by Gasteiger charge is -2.39. The minimum Gasteiger partial charge on any atom is -0.467 e. The first-order valence-corrected chi connectivity index (χ1v) is 10.5. The van der Waals surface area contributed by atoms with E-state index in [0.29, 0.717) is 12.5 Å². The van der Waals surface area contributed by atoms with Crippen LogP contribution in [0.25, 0.3) is 0 Å². The summed E-state index contributed by atoms with van der Waals surface area (Å²) < 4.78 is 7.39. The van der Waals surface area contributed by atoms with E-state index < -0.39 is 0 Å². The molecule has 0 saturated carbocycles. The molecule has 2 aromatic heterocycles. The van der Waals surface area contributed by atoms with Crippen LogP contribution in [0.2, 0.25) is 0 Å². The van der Waals surface area contributed by atoms with Gasteiger partial charge in [0.15, 0.2) is 5.82 Å². The van der Waals surface area contributed by atoms with Crippen LogP contribution in [0.15, 0.2) is 53.1 Å². The zero-order valence-corrected chi connectivity index (χ0v) is 17.3. The van der Waals surface area contributed by atoms with Crippen LogP contribution >= 0.6 is 0 Å². The van der Waals surface area contributed by atoms with Crippen LogP contribution in [0, 0.1) is 5.92 Å². The average molecular weight is 395 g/mol. The molecule has 1 fully saturated rings. The number of tetrazole rings is 1. The summed E-state index contributed by atoms with van der Waals surface area (Å²) in [5.74, 6) is 2.37. The Morgan fingerprint density at radius 1 is 0.966 bits per heavy atom. The minimum atomic E-state index is 0.221. The summed E-state index contributed by atoms with van der Waals surface area (Å²) in [5.41, 5.74) is 1.38. The highest BCUT2D eigenvalue weighted by Gasteiger charge is 2.30. The zero-order chi connectivity index (χ0) is 20.1. The molecule has 0 unspecified atom stereocenters. The van der Waals surface area contributed by atoms with Crippen LogP contribution < -0.4 is 0 Å². The van der Waals surface area contributed by atoms with E-state index >= 15 is 0 Å². The second-order valence-corrected chi connectivity index (χ2v) is 8.22. The van der Waals surface area contributed by atoms with Gasteiger partial charge in [-0.2, -0.15) is 0 Å². The fourth-order valence-electron chi connectivity index (χ4n) is 4.05. The second kappa shape index (κ2) is 9.33. The summed E-state index contributed by atoms with van der Waals surface area (Å²) >= 11 is 0. The third kappa shape index (κ3) is 5.10. The molecular weight excluding hydrogens is 364 g/mol. The summed E-state index contributed by atoms with van der Waals surface area (Å²) in [6, 6.07) is 14.8. The molecule has 0 N–H and O–H groups in total. The van der Waals surface area contributed by atoms with Gasteiger partial charge in [-0.3, -0.25) is 9.80 Å². The monoisotopic (exact) mass is 394 g/mol. The van der Waals surface area contributed by atoms with E-state index in [9.17, 15) is 0 Å². The Morgan fingerprint density at radius 3 is 2.45 bits per heavy atom. The van der Waals surface area contributed by atoms with E-state index in [1.165, 1.54) is 5.56 Å². The molecule has 3 heterocycles. The number of aromatic nitrogens is 4. The number of hydrogen-bond acceptors (Lipinski definition) is 6. The summed E-state index contributed by atoms with van der Waals surface area (Å²) in [7, 11) is 0. The van der Waals surface area contributed by atoms with Gasteiger partial charge in [-0.1, -0.05) is 44.2 Å². The lowest BCUT2D eigenvalue weighted by Crippen LogP contribution is -2.47. The summed E-state index contributed by atoms with van der Waals surface area (Å²) in [6.45, 7) is 10.3. The van der Waals surface area contributed by atoms with Gasteiger partial charge in [0.2, 0.25) is 0 Å². The molecule has 1 aromatic carbocycles. The van der Waals surface area contributed by atoms with Crippen LogP contribution in [0.5, 0.6) is 0 Å². The quantitative estimate of drug-likeness (QED) is 0.585. The molecule has 7 heteroatoms. The van der Waals surface area contributed by atoms with Crippen molar-refractivity contribution in [1.82, 2.24) is 30.0 Å². The zero-order valence-electron chi connectivity index (χ0n) is 17.3. The Hall–Kier alpha value is -2.51. The van der Waals surface area contributed by atoms with Crippen molar-refractivity contribution >= 4 is 0 Å². The highest BCUT2D eigenvalue weighted by Crippen LogP contribution is 2.28. The maximum absolute atomic E-state index is 5.50. The average Bonchev–Trinajstić information content (AvgIpc) is 3.40. The Labute approximate surface area is 172 Å². The fraction of sp³-hybridized carbons (Fsp3) is 0.500. The van der Waals surface area contributed by atoms with Crippen molar-refractivity contribution in [2.75, 3.05) is 26.2 Å². The van der Waals surface area contributed by atoms with Gasteiger partial charge in [0.25, 0.3) is 0 Å². The smallest absolute Gasteiger partial charge is 0.168 e. The van der Waals surface area contributed by atoms with Gasteiger partial charge in [0.05, 0.1) is 12.3 Å². The third-order valence-corrected chi connectivity index (χ3v) is 5.53. The lowest BCUT2D eigenvalue weighted by atomic mass is 10.0. The van der Waals surface area contributed by atoms with E-state index in [1.54, 1.807) is 6.26 Å². The first kappa shape index (κ1) is 19.8. The third-order valence-electron chi connectivity index (χ3n) is 5.53. The SMILES string of the molecule is CC(C)C[C@@H](c1nnnn1Cc1ccco1)N1CCN(Cc2ccccc2)CC1. The van der Waals surface area contributed by atoms with Crippen LogP contribution in [-0.2, 0) is 13.1 Å². The molecular formula is C22H30N6O. The molecule has 154 valence electrons. The Kier molecular flexibility index (Phi) is 6.36. The standard InChI is InChI=1S/C22H30N6O/c1-18(2)15-21(22-23-24-25-28(22)17-20-9-6-14-29-20)27-12-10-26(11-13-27)16-19-7-4-3-5-8-19/h3-9,14,18,21H,10-13,15-17H2,1-2H3/t21-/m0/s1. The Morgan fingerprint density at radius 2 is 1.76 bits per heavy atom. The number of rotatable bonds is 8. The molecule has 1 atom stereocenters. The van der Waals surface area contributed by atoms with Crippen LogP contribution in [-0.4, -0.2) is 56.2 Å². The second-order valence-electron chi connectivity index (χ2n) is 8.22. The molecule has 7 nitrogen and oxygen atoms in total. The minimum absolute atomic E-state index is 0.221. The predicted molar refractivity (Wildman–Crippen MR) is 111 cm³/mol. The topological polar surface area (TPSA) is 63.2 Å². The molecule has 0 bridgehead atoms. The van der Waals surface area contributed by atoms with Crippen molar-refractivity contribution in [3.8, 4) is 0 Å². The number of nitrogens with zero attached hydrogens (tertiary/aromatic N) is 6. The van der Waals surface area contributed by atoms with E-state index in [1.807, 2.05) is 16.8 Å². The normalized spacial score (nSPS) is 17.1. The summed E-state index contributed by atoms with van der Waals surface area (Å²) in [6.07, 6.45) is 2.73. The first-order chi connectivity index (χ1) is 14.2. The van der Waals surface area contributed by atoms with E-state index in [0.717, 1.165) is 50.7 Å². The van der Waals surface area contributed by atoms with Gasteiger partial charge in [0.1, 0.15) is 12.3 Å². The fourth-order valence-corrected chi connectivity index (χ4v) is 4.05. The summed E-state index contributed by atoms with van der Waals surface area (Å²) in [5, 5.41) is 12.6. The van der Waals surface area contributed by atoms with Crippen molar-refractivity contribution in [2.24, 2.45) is 5.92 Å². The Bertz CT molecular complexity index is 853. The number of furan rings is 1. The molecule has 3 aromatic rings. The van der Waals surface area contributed by atoms with Crippen molar-refractivity contribution in [3.05, 3.63) is 65.9 Å². The van der Waals surface area contributed by atoms with Crippen LogP contribution in [0.1, 0.15) is 43.5 Å². The predicted octanol–water partition coefficient (Wildman–Crippen LogP) is 3.22. The van der Waals surface area contributed by atoms with E-state index in [2.05, 4.69) is 69.5 Å². The first-order valence-electron chi connectivity index (χ1n) is 10.5. The van der Waals surface area contributed by atoms with Gasteiger partial charge in [-0.25, -0.2) is 4.68 Å². The molecule has 29 heavy (non-hydrogen) atoms. The summed E-state index contributed by atoms with van der Waals surface area (Å²) in [4.78, 5) is 5.08. The molecule has 1 aliphatic rings. The van der Waals surface area contributed by atoms with Gasteiger partial charge in [-0.05, 0) is 40.5 Å². The van der Waals surface area contributed by atoms with Crippen LogP contribution in [0.3, 0.4) is 0 Å². The molecule has 0 spiro atoms. The van der Waals surface area contributed by atoms with E-state index in [4.69, 9.17) is 4.42 Å². The van der Waals surface area contributed by atoms with Gasteiger partial charge in [0, 0.05) is 32.7 Å². The number of piperazine rings is 1. The van der Waals surface area contributed by atoms with E-state index in [-0.39, 0.29) is 6.04 Å². The maximum atomic E-state index is 5.50. The maximum Gasteiger partial charge on any atom is 0.168 e. The molecule has 1 aliphatic heterocycles. The molecule has 4 rings (SSSR count). The van der Waals surface area contributed by atoms with Gasteiger partial charge in [-0.15, -0.1) is 5.10 Å². The molecule has 0 aliphatic carbocycles. The lowest BCUT2D eigenvalue weighted by molar-refractivity contribution is 0.0768. The highest BCUT2D eigenvalue weighted by atomic mass is 16.3. The largest absolute Gasteiger partial charge is 0.467 e. The Balaban J connectivity index is 1.44. The van der Waals surface area contributed by atoms with Crippen molar-refractivity contribution < 1.29 is 4.42 Å². The van der Waals surface area contributed by atoms with Crippen LogP contribution in [0.4, 0.5) is 0 Å². The van der Waals surface area contributed by atoms with Gasteiger partial charge < -0.3 is 4.42 Å². The number of hydrogen-bond donors (Lipinski definition) is 0. The molecule has 0 radical (unpaired) electrons. The van der Waals surface area contributed by atoms with Crippen molar-refractivity contribution in [3.63, 3.8) is 0 Å². The molecule has 0 amide bonds. The van der Waals surface area contributed by atoms with Crippen molar-refractivity contribution in [1.29, 1.82) is 0 Å². The van der Waals surface area contributed by atoms with Gasteiger partial charge >= 0.3 is 0 Å². The van der Waals surface area contributed by atoms with Crippen molar-refractivity contribution in [2.45, 2.75) is 39.4 Å².